The minimum absolute atomic E-state index is 0.0326. The van der Waals surface area contributed by atoms with Gasteiger partial charge in [0.1, 0.15) is 0 Å². The standard InChI is InChI=1S/C17H22N2O4S/c1-3-24-14-7-5-4-6-13(14)17(22)23-11-16(21)19(2)10-15(20)18-12-8-9-12/h4-7,12H,3,8-11H2,1-2H3,(H,18,20). The topological polar surface area (TPSA) is 75.7 Å². The Labute approximate surface area is 145 Å². The van der Waals surface area contributed by atoms with Crippen LogP contribution in [0.2, 0.25) is 0 Å². The summed E-state index contributed by atoms with van der Waals surface area (Å²) in [4.78, 5) is 37.9. The normalized spacial score (nSPS) is 13.2. The molecule has 1 aliphatic rings. The minimum Gasteiger partial charge on any atom is -0.452 e. The number of hydrogen-bond acceptors (Lipinski definition) is 5. The second-order valence-electron chi connectivity index (χ2n) is 5.60. The summed E-state index contributed by atoms with van der Waals surface area (Å²) >= 11 is 1.54. The van der Waals surface area contributed by atoms with Crippen LogP contribution in [-0.2, 0) is 14.3 Å². The number of carbonyl (C=O) groups is 3. The summed E-state index contributed by atoms with van der Waals surface area (Å²) in [5, 5.41) is 2.81. The highest BCUT2D eigenvalue weighted by molar-refractivity contribution is 7.99. The molecule has 0 bridgehead atoms. The number of thioether (sulfide) groups is 1. The quantitative estimate of drug-likeness (QED) is 0.570. The zero-order valence-corrected chi connectivity index (χ0v) is 14.7. The Hall–Kier alpha value is -2.02. The molecule has 130 valence electrons. The molecule has 1 fully saturated rings. The summed E-state index contributed by atoms with van der Waals surface area (Å²) in [7, 11) is 1.52. The number of amides is 2. The van der Waals surface area contributed by atoms with Crippen LogP contribution in [0.3, 0.4) is 0 Å². The molecule has 1 aromatic rings. The van der Waals surface area contributed by atoms with Crippen LogP contribution in [0.15, 0.2) is 29.2 Å². The summed E-state index contributed by atoms with van der Waals surface area (Å²) < 4.78 is 5.10. The number of rotatable bonds is 8. The van der Waals surface area contributed by atoms with Crippen molar-refractivity contribution in [3.05, 3.63) is 29.8 Å². The third-order valence-corrected chi connectivity index (χ3v) is 4.44. The molecule has 0 unspecified atom stereocenters. The Bertz CT molecular complexity index is 616. The highest BCUT2D eigenvalue weighted by Gasteiger charge is 2.24. The summed E-state index contributed by atoms with van der Waals surface area (Å²) in [5.74, 6) is -0.294. The zero-order chi connectivity index (χ0) is 17.5. The first-order chi connectivity index (χ1) is 11.5. The first-order valence-corrected chi connectivity index (χ1v) is 8.92. The predicted octanol–water partition coefficient (Wildman–Crippen LogP) is 1.69. The van der Waals surface area contributed by atoms with Crippen LogP contribution in [0.25, 0.3) is 0 Å². The van der Waals surface area contributed by atoms with Crippen molar-refractivity contribution in [2.45, 2.75) is 30.7 Å². The van der Waals surface area contributed by atoms with E-state index >= 15 is 0 Å². The van der Waals surface area contributed by atoms with Crippen molar-refractivity contribution < 1.29 is 19.1 Å². The molecule has 0 aromatic heterocycles. The van der Waals surface area contributed by atoms with Gasteiger partial charge in [0.15, 0.2) is 6.61 Å². The minimum atomic E-state index is -0.532. The molecule has 1 N–H and O–H groups in total. The molecule has 7 heteroatoms. The van der Waals surface area contributed by atoms with E-state index in [0.717, 1.165) is 23.5 Å². The Morgan fingerprint density at radius 3 is 2.67 bits per heavy atom. The van der Waals surface area contributed by atoms with Gasteiger partial charge in [-0.2, -0.15) is 0 Å². The van der Waals surface area contributed by atoms with Crippen molar-refractivity contribution in [2.24, 2.45) is 0 Å². The number of ether oxygens (including phenoxy) is 1. The molecule has 2 rings (SSSR count). The molecule has 1 aliphatic carbocycles. The van der Waals surface area contributed by atoms with Crippen LogP contribution in [0.1, 0.15) is 30.1 Å². The van der Waals surface area contributed by atoms with E-state index < -0.39 is 11.9 Å². The molecule has 1 saturated carbocycles. The number of benzene rings is 1. The van der Waals surface area contributed by atoms with E-state index in [1.54, 1.807) is 23.9 Å². The van der Waals surface area contributed by atoms with Gasteiger partial charge in [0, 0.05) is 18.0 Å². The second-order valence-corrected chi connectivity index (χ2v) is 6.90. The van der Waals surface area contributed by atoms with Gasteiger partial charge in [-0.15, -0.1) is 11.8 Å². The number of nitrogens with one attached hydrogen (secondary N) is 1. The lowest BCUT2D eigenvalue weighted by Gasteiger charge is -2.17. The smallest absolute Gasteiger partial charge is 0.339 e. The molecular formula is C17H22N2O4S. The maximum Gasteiger partial charge on any atom is 0.339 e. The summed E-state index contributed by atoms with van der Waals surface area (Å²) in [6, 6.07) is 7.39. The highest BCUT2D eigenvalue weighted by atomic mass is 32.2. The fourth-order valence-electron chi connectivity index (χ4n) is 2.04. The third-order valence-electron chi connectivity index (χ3n) is 3.48. The van der Waals surface area contributed by atoms with Gasteiger partial charge in [0.25, 0.3) is 5.91 Å². The molecular weight excluding hydrogens is 328 g/mol. The van der Waals surface area contributed by atoms with Gasteiger partial charge in [-0.05, 0) is 30.7 Å². The molecule has 2 amide bonds. The van der Waals surface area contributed by atoms with Gasteiger partial charge in [-0.25, -0.2) is 4.79 Å². The number of esters is 1. The Morgan fingerprint density at radius 1 is 1.29 bits per heavy atom. The SMILES string of the molecule is CCSc1ccccc1C(=O)OCC(=O)N(C)CC(=O)NC1CC1. The van der Waals surface area contributed by atoms with Crippen LogP contribution in [0, 0.1) is 0 Å². The highest BCUT2D eigenvalue weighted by Crippen LogP contribution is 2.22. The van der Waals surface area contributed by atoms with Crippen molar-refractivity contribution in [1.82, 2.24) is 10.2 Å². The van der Waals surface area contributed by atoms with Crippen LogP contribution in [0.5, 0.6) is 0 Å². The van der Waals surface area contributed by atoms with Gasteiger partial charge in [0.2, 0.25) is 5.91 Å². The van der Waals surface area contributed by atoms with E-state index in [-0.39, 0.29) is 25.1 Å². The molecule has 1 aromatic carbocycles. The average molecular weight is 350 g/mol. The third kappa shape index (κ3) is 5.56. The molecule has 0 aliphatic heterocycles. The molecule has 0 radical (unpaired) electrons. The van der Waals surface area contributed by atoms with Crippen molar-refractivity contribution >= 4 is 29.5 Å². The largest absolute Gasteiger partial charge is 0.452 e. The summed E-state index contributed by atoms with van der Waals surface area (Å²) in [6.07, 6.45) is 1.99. The molecule has 0 atom stereocenters. The fraction of sp³-hybridized carbons (Fsp3) is 0.471. The Kier molecular flexibility index (Phi) is 6.66. The van der Waals surface area contributed by atoms with Crippen LogP contribution in [0.4, 0.5) is 0 Å². The lowest BCUT2D eigenvalue weighted by Crippen LogP contribution is -2.40. The molecule has 0 saturated heterocycles. The zero-order valence-electron chi connectivity index (χ0n) is 13.9. The fourth-order valence-corrected chi connectivity index (χ4v) is 2.83. The first-order valence-electron chi connectivity index (χ1n) is 7.93. The lowest BCUT2D eigenvalue weighted by molar-refractivity contribution is -0.137. The van der Waals surface area contributed by atoms with Crippen molar-refractivity contribution in [3.63, 3.8) is 0 Å². The van der Waals surface area contributed by atoms with Crippen molar-refractivity contribution in [3.8, 4) is 0 Å². The van der Waals surface area contributed by atoms with Gasteiger partial charge in [-0.1, -0.05) is 19.1 Å². The van der Waals surface area contributed by atoms with Crippen LogP contribution in [-0.4, -0.2) is 54.7 Å². The molecule has 0 spiro atoms. The van der Waals surface area contributed by atoms with Crippen LogP contribution >= 0.6 is 11.8 Å². The summed E-state index contributed by atoms with van der Waals surface area (Å²) in [5.41, 5.74) is 0.450. The van der Waals surface area contributed by atoms with Gasteiger partial charge < -0.3 is 15.0 Å². The molecule has 24 heavy (non-hydrogen) atoms. The number of likely N-dealkylation sites (N-methyl/N-ethyl adjacent to an activating group) is 1. The van der Waals surface area contributed by atoms with E-state index in [1.807, 2.05) is 19.1 Å². The number of hydrogen-bond donors (Lipinski definition) is 1. The van der Waals surface area contributed by atoms with Crippen molar-refractivity contribution in [1.29, 1.82) is 0 Å². The van der Waals surface area contributed by atoms with Gasteiger partial charge >= 0.3 is 5.97 Å². The lowest BCUT2D eigenvalue weighted by atomic mass is 10.2. The van der Waals surface area contributed by atoms with E-state index in [4.69, 9.17) is 4.74 Å². The first kappa shape index (κ1) is 18.3. The summed E-state index contributed by atoms with van der Waals surface area (Å²) in [6.45, 7) is 1.59. The van der Waals surface area contributed by atoms with E-state index in [1.165, 1.54) is 11.9 Å². The van der Waals surface area contributed by atoms with Gasteiger partial charge in [-0.3, -0.25) is 9.59 Å². The maximum atomic E-state index is 12.2. The number of nitrogens with zero attached hydrogens (tertiary/aromatic N) is 1. The van der Waals surface area contributed by atoms with Crippen LogP contribution < -0.4 is 5.32 Å². The molecule has 0 heterocycles. The van der Waals surface area contributed by atoms with E-state index in [2.05, 4.69) is 5.32 Å². The average Bonchev–Trinajstić information content (AvgIpc) is 3.36. The number of carbonyl (C=O) groups excluding carboxylic acids is 3. The van der Waals surface area contributed by atoms with Gasteiger partial charge in [0.05, 0.1) is 12.1 Å². The second kappa shape index (κ2) is 8.73. The monoisotopic (exact) mass is 350 g/mol. The van der Waals surface area contributed by atoms with E-state index in [9.17, 15) is 14.4 Å². The Morgan fingerprint density at radius 2 is 2.00 bits per heavy atom. The maximum absolute atomic E-state index is 12.2. The predicted molar refractivity (Wildman–Crippen MR) is 91.9 cm³/mol. The Balaban J connectivity index is 1.81. The van der Waals surface area contributed by atoms with Crippen molar-refractivity contribution in [2.75, 3.05) is 26.0 Å². The molecule has 6 nitrogen and oxygen atoms in total. The van der Waals surface area contributed by atoms with E-state index in [0.29, 0.717) is 5.56 Å².